The van der Waals surface area contributed by atoms with Crippen molar-refractivity contribution < 1.29 is 29.1 Å². The highest BCUT2D eigenvalue weighted by Gasteiger charge is 2.54. The molecule has 3 N–H and O–H groups in total. The van der Waals surface area contributed by atoms with E-state index in [0.29, 0.717) is 22.9 Å². The van der Waals surface area contributed by atoms with E-state index in [2.05, 4.69) is 42.2 Å². The Morgan fingerprint density at radius 2 is 2.26 bits per heavy atom. The average molecular weight is 592 g/mol. The molecular formula is C21H21N9O6S3. The van der Waals surface area contributed by atoms with E-state index in [1.54, 1.807) is 13.8 Å². The van der Waals surface area contributed by atoms with Gasteiger partial charge in [0.05, 0.1) is 0 Å². The Balaban J connectivity index is 1.50. The van der Waals surface area contributed by atoms with Gasteiger partial charge >= 0.3 is 5.97 Å². The first-order chi connectivity index (χ1) is 18.7. The van der Waals surface area contributed by atoms with Gasteiger partial charge in [-0.3, -0.25) is 19.3 Å². The van der Waals surface area contributed by atoms with E-state index in [9.17, 15) is 24.3 Å². The van der Waals surface area contributed by atoms with Gasteiger partial charge in [0.15, 0.2) is 10.8 Å². The Morgan fingerprint density at radius 3 is 2.95 bits per heavy atom. The molecule has 1 unspecified atom stereocenters. The van der Waals surface area contributed by atoms with Gasteiger partial charge in [-0.25, -0.2) is 14.5 Å². The maximum absolute atomic E-state index is 13.2. The van der Waals surface area contributed by atoms with Crippen molar-refractivity contribution in [1.82, 2.24) is 35.4 Å². The number of oxime groups is 1. The number of hydrogen-bond donors (Lipinski definition) is 3. The number of amides is 3. The monoisotopic (exact) mass is 591 g/mol. The molecule has 3 amide bonds. The van der Waals surface area contributed by atoms with Crippen LogP contribution in [0.2, 0.25) is 0 Å². The zero-order valence-electron chi connectivity index (χ0n) is 20.4. The van der Waals surface area contributed by atoms with Gasteiger partial charge < -0.3 is 20.6 Å². The van der Waals surface area contributed by atoms with Crippen molar-refractivity contribution in [2.45, 2.75) is 43.1 Å². The molecule has 39 heavy (non-hydrogen) atoms. The number of tetrazole rings is 1. The molecule has 204 valence electrons. The van der Waals surface area contributed by atoms with E-state index in [1.807, 2.05) is 0 Å². The standard InChI is InChI=1S/C21H21N9O6S3/c1-4-5-29-21(25-27-28-29)39-7-11-6-37-18-14(17(33)30(18)15(11)19(34)35)24-16(32)13(26-36-10(2)3)12-8-38-20(23-12)22-9-31/h1,8-10,14,18H,5-7H2,2-3H3,(H,24,32)(H,34,35)(H,22,23,31)/b26-13-/t14?,18-/m1/s1. The van der Waals surface area contributed by atoms with Crippen LogP contribution >= 0.6 is 34.9 Å². The molecule has 0 saturated carbocycles. The van der Waals surface area contributed by atoms with Crippen LogP contribution in [-0.2, 0) is 30.6 Å². The molecule has 2 atom stereocenters. The number of terminal acetylenes is 1. The molecule has 15 nitrogen and oxygen atoms in total. The van der Waals surface area contributed by atoms with Crippen LogP contribution in [0.4, 0.5) is 5.13 Å². The molecule has 1 saturated heterocycles. The average Bonchev–Trinajstić information content (AvgIpc) is 3.55. The van der Waals surface area contributed by atoms with Gasteiger partial charge in [-0.1, -0.05) is 22.8 Å². The Bertz CT molecular complexity index is 1400. The number of carboxylic acid groups (broad SMARTS) is 1. The van der Waals surface area contributed by atoms with Gasteiger partial charge in [-0.2, -0.15) is 0 Å². The Kier molecular flexibility index (Phi) is 8.83. The fourth-order valence-corrected chi connectivity index (χ4v) is 6.52. The summed E-state index contributed by atoms with van der Waals surface area (Å²) in [5.74, 6) is 0.378. The van der Waals surface area contributed by atoms with E-state index < -0.39 is 29.2 Å². The number of thioether (sulfide) groups is 2. The second kappa shape index (κ2) is 12.3. The summed E-state index contributed by atoms with van der Waals surface area (Å²) in [6.45, 7) is 3.60. The second-order valence-electron chi connectivity index (χ2n) is 8.12. The minimum absolute atomic E-state index is 0.139. The summed E-state index contributed by atoms with van der Waals surface area (Å²) in [5, 5.41) is 31.6. The highest BCUT2D eigenvalue weighted by Crippen LogP contribution is 2.41. The van der Waals surface area contributed by atoms with Crippen LogP contribution < -0.4 is 10.6 Å². The number of carboxylic acids is 1. The maximum atomic E-state index is 13.2. The number of fused-ring (bicyclic) bond motifs is 1. The zero-order valence-corrected chi connectivity index (χ0v) is 22.9. The molecule has 2 aromatic heterocycles. The van der Waals surface area contributed by atoms with E-state index in [4.69, 9.17) is 11.3 Å². The van der Waals surface area contributed by atoms with Gasteiger partial charge in [0.1, 0.15) is 35.5 Å². The van der Waals surface area contributed by atoms with Crippen molar-refractivity contribution in [3.63, 3.8) is 0 Å². The van der Waals surface area contributed by atoms with Gasteiger partial charge in [0.25, 0.3) is 11.8 Å². The van der Waals surface area contributed by atoms with Crippen LogP contribution in [0.1, 0.15) is 19.5 Å². The van der Waals surface area contributed by atoms with Crippen LogP contribution in [0.25, 0.3) is 0 Å². The lowest BCUT2D eigenvalue weighted by Crippen LogP contribution is -2.71. The van der Waals surface area contributed by atoms with Crippen molar-refractivity contribution in [2.24, 2.45) is 5.16 Å². The fourth-order valence-electron chi connectivity index (χ4n) is 3.50. The number of carbonyl (C=O) groups is 4. The SMILES string of the molecule is C#CCn1nnnc1SCC1=C(C(=O)O)N2C(=O)C(NC(=O)/C(=N\OC(C)C)c3csc(NC=O)n3)[C@H]2SC1. The molecule has 1 fully saturated rings. The summed E-state index contributed by atoms with van der Waals surface area (Å²) in [6, 6.07) is -0.996. The topological polar surface area (TPSA) is 194 Å². The van der Waals surface area contributed by atoms with Crippen molar-refractivity contribution in [3.05, 3.63) is 22.3 Å². The third-order valence-electron chi connectivity index (χ3n) is 5.15. The van der Waals surface area contributed by atoms with Gasteiger partial charge in [0.2, 0.25) is 11.6 Å². The van der Waals surface area contributed by atoms with Gasteiger partial charge in [-0.15, -0.1) is 34.6 Å². The molecule has 4 rings (SSSR count). The number of nitrogens with zero attached hydrogens (tertiary/aromatic N) is 7. The van der Waals surface area contributed by atoms with E-state index in [1.165, 1.54) is 33.6 Å². The molecule has 0 aliphatic carbocycles. The number of β-lactam (4-membered cyclic amide) rings is 1. The molecule has 0 bridgehead atoms. The van der Waals surface area contributed by atoms with Crippen LogP contribution in [0, 0.1) is 12.3 Å². The third-order valence-corrected chi connectivity index (χ3v) is 8.31. The summed E-state index contributed by atoms with van der Waals surface area (Å²) in [7, 11) is 0. The largest absolute Gasteiger partial charge is 0.477 e. The predicted octanol–water partition coefficient (Wildman–Crippen LogP) is -0.00890. The summed E-state index contributed by atoms with van der Waals surface area (Å²) in [4.78, 5) is 59.7. The van der Waals surface area contributed by atoms with Crippen molar-refractivity contribution >= 4 is 69.9 Å². The Labute approximate surface area is 233 Å². The molecule has 18 heteroatoms. The minimum atomic E-state index is -1.26. The predicted molar refractivity (Wildman–Crippen MR) is 142 cm³/mol. The number of nitrogens with one attached hydrogen (secondary N) is 2. The fraction of sp³-hybridized carbons (Fsp3) is 0.381. The van der Waals surface area contributed by atoms with E-state index >= 15 is 0 Å². The van der Waals surface area contributed by atoms with Gasteiger partial charge in [-0.05, 0) is 29.8 Å². The maximum Gasteiger partial charge on any atom is 0.352 e. The molecule has 0 spiro atoms. The van der Waals surface area contributed by atoms with Crippen LogP contribution in [0.15, 0.2) is 27.0 Å². The summed E-state index contributed by atoms with van der Waals surface area (Å²) in [5.41, 5.74) is 0.313. The second-order valence-corrected chi connectivity index (χ2v) is 11.0. The van der Waals surface area contributed by atoms with E-state index in [0.717, 1.165) is 16.2 Å². The van der Waals surface area contributed by atoms with Crippen LogP contribution in [-0.4, -0.2) is 94.1 Å². The molecule has 2 aliphatic rings. The third kappa shape index (κ3) is 6.05. The molecule has 4 heterocycles. The van der Waals surface area contributed by atoms with Crippen molar-refractivity contribution in [2.75, 3.05) is 16.8 Å². The summed E-state index contributed by atoms with van der Waals surface area (Å²) >= 11 is 3.59. The lowest BCUT2D eigenvalue weighted by atomic mass is 10.0. The Hall–Kier alpha value is -3.95. The first-order valence-corrected chi connectivity index (χ1v) is 14.1. The molecular weight excluding hydrogens is 570 g/mol. The van der Waals surface area contributed by atoms with Gasteiger partial charge in [0, 0.05) is 16.9 Å². The van der Waals surface area contributed by atoms with Crippen molar-refractivity contribution in [3.8, 4) is 12.3 Å². The van der Waals surface area contributed by atoms with Crippen LogP contribution in [0.5, 0.6) is 0 Å². The number of rotatable bonds is 12. The molecule has 0 aromatic carbocycles. The van der Waals surface area contributed by atoms with Crippen molar-refractivity contribution in [1.29, 1.82) is 0 Å². The number of anilines is 1. The molecule has 2 aromatic rings. The molecule has 2 aliphatic heterocycles. The normalized spacial score (nSPS) is 18.8. The van der Waals surface area contributed by atoms with E-state index in [-0.39, 0.29) is 40.6 Å². The number of aromatic nitrogens is 5. The zero-order chi connectivity index (χ0) is 28.1. The lowest BCUT2D eigenvalue weighted by molar-refractivity contribution is -0.150. The quantitative estimate of drug-likeness (QED) is 0.0747. The highest BCUT2D eigenvalue weighted by atomic mass is 32.2. The first-order valence-electron chi connectivity index (χ1n) is 11.2. The Morgan fingerprint density at radius 1 is 1.46 bits per heavy atom. The minimum Gasteiger partial charge on any atom is -0.477 e. The summed E-state index contributed by atoms with van der Waals surface area (Å²) in [6.07, 6.45) is 5.42. The first kappa shape index (κ1) is 28.1. The number of carbonyl (C=O) groups excluding carboxylic acids is 3. The van der Waals surface area contributed by atoms with Crippen LogP contribution in [0.3, 0.4) is 0 Å². The number of aliphatic carboxylic acids is 1. The lowest BCUT2D eigenvalue weighted by Gasteiger charge is -2.49. The number of hydrogen-bond acceptors (Lipinski definition) is 13. The molecule has 0 radical (unpaired) electrons. The number of thiazole rings is 1. The summed E-state index contributed by atoms with van der Waals surface area (Å²) < 4.78 is 1.41. The smallest absolute Gasteiger partial charge is 0.352 e. The highest BCUT2D eigenvalue weighted by molar-refractivity contribution is 8.01.